The summed E-state index contributed by atoms with van der Waals surface area (Å²) in [7, 11) is -3.59. The minimum absolute atomic E-state index is 0.00894. The second kappa shape index (κ2) is 17.2. The third-order valence-electron chi connectivity index (χ3n) is 7.21. The van der Waals surface area contributed by atoms with Gasteiger partial charge < -0.3 is 46.0 Å². The molecule has 6 rings (SSSR count). The number of sulfone groups is 1. The van der Waals surface area contributed by atoms with Gasteiger partial charge in [-0.1, -0.05) is 38.1 Å². The maximum atomic E-state index is 12.1. The first-order valence-corrected chi connectivity index (χ1v) is 16.6. The van der Waals surface area contributed by atoms with Crippen molar-refractivity contribution in [3.05, 3.63) is 151 Å². The van der Waals surface area contributed by atoms with Gasteiger partial charge in [-0.05, 0) is 108 Å². The Morgan fingerprint density at radius 3 is 0.765 bits per heavy atom. The number of aromatic hydroxyl groups is 9. The zero-order valence-corrected chi connectivity index (χ0v) is 28.3. The average Bonchev–Trinajstić information content (AvgIpc) is 3.07. The van der Waals surface area contributed by atoms with E-state index in [1.165, 1.54) is 72.8 Å². The van der Waals surface area contributed by atoms with E-state index in [9.17, 15) is 18.6 Å². The number of rotatable bonds is 4. The molecule has 0 unspecified atom stereocenters. The van der Waals surface area contributed by atoms with Crippen molar-refractivity contribution in [1.29, 1.82) is 0 Å². The Balaban J connectivity index is 0.000000193. The highest BCUT2D eigenvalue weighted by molar-refractivity contribution is 7.91. The topological polar surface area (TPSA) is 216 Å². The second-order valence-electron chi connectivity index (χ2n) is 11.4. The Kier molecular flexibility index (Phi) is 13.1. The van der Waals surface area contributed by atoms with Crippen LogP contribution in [-0.4, -0.2) is 54.4 Å². The van der Waals surface area contributed by atoms with Crippen molar-refractivity contribution in [3.8, 4) is 51.7 Å². The monoisotopic (exact) mass is 714 g/mol. The Hall–Kier alpha value is -6.53. The molecule has 0 fully saturated rings. The highest BCUT2D eigenvalue weighted by atomic mass is 32.2. The second-order valence-corrected chi connectivity index (χ2v) is 13.4. The molecular formula is C39H38O11S. The van der Waals surface area contributed by atoms with Crippen molar-refractivity contribution in [2.45, 2.75) is 29.1 Å². The van der Waals surface area contributed by atoms with Gasteiger partial charge in [0.25, 0.3) is 0 Å². The van der Waals surface area contributed by atoms with Crippen LogP contribution in [-0.2, 0) is 15.3 Å². The van der Waals surface area contributed by atoms with Gasteiger partial charge in [-0.15, -0.1) is 0 Å². The fourth-order valence-corrected chi connectivity index (χ4v) is 5.60. The van der Waals surface area contributed by atoms with E-state index >= 15 is 0 Å². The third-order valence-corrected chi connectivity index (χ3v) is 8.99. The van der Waals surface area contributed by atoms with Crippen LogP contribution in [0, 0.1) is 0 Å². The van der Waals surface area contributed by atoms with Crippen molar-refractivity contribution >= 4 is 9.84 Å². The van der Waals surface area contributed by atoms with E-state index in [1.807, 2.05) is 24.3 Å². The smallest absolute Gasteiger partial charge is 0.206 e. The molecule has 11 nitrogen and oxygen atoms in total. The van der Waals surface area contributed by atoms with E-state index in [-0.39, 0.29) is 67.0 Å². The van der Waals surface area contributed by atoms with Crippen LogP contribution in [0.2, 0.25) is 0 Å². The summed E-state index contributed by atoms with van der Waals surface area (Å²) in [5, 5.41) is 80.1. The van der Waals surface area contributed by atoms with E-state index in [0.29, 0.717) is 0 Å². The molecule has 9 N–H and O–H groups in total. The van der Waals surface area contributed by atoms with E-state index in [1.54, 1.807) is 24.3 Å². The molecule has 0 aliphatic rings. The molecule has 0 bridgehead atoms. The normalized spacial score (nSPS) is 10.6. The standard InChI is InChI=1S/C15H16O2.C12H10O4S.C6H6O3.C6H6O2/c1-15(2,11-3-7-13(16)8-4-11)12-5-9-14(17)10-6-12;13-9-1-5-11(6-2-9)17(15,16)12-7-3-10(14)4-8-12;7-4-1-5(8)3-6(9)2-4;7-5-1-2-6(8)4-3-5/h3-10,16-17H,1-2H3;1-8,13-14H;1-3,7-9H;1-4,7-8H. The number of benzene rings is 6. The third kappa shape index (κ3) is 11.8. The molecule has 0 atom stereocenters. The van der Waals surface area contributed by atoms with Crippen LogP contribution in [0.3, 0.4) is 0 Å². The van der Waals surface area contributed by atoms with Crippen LogP contribution in [0.25, 0.3) is 0 Å². The van der Waals surface area contributed by atoms with Gasteiger partial charge in [0.1, 0.15) is 51.7 Å². The van der Waals surface area contributed by atoms with Gasteiger partial charge in [-0.25, -0.2) is 8.42 Å². The number of phenolic OH excluding ortho intramolecular Hbond substituents is 9. The van der Waals surface area contributed by atoms with E-state index in [0.717, 1.165) is 29.3 Å². The van der Waals surface area contributed by atoms with Crippen LogP contribution < -0.4 is 0 Å². The number of phenols is 9. The van der Waals surface area contributed by atoms with Crippen LogP contribution in [0.15, 0.2) is 149 Å². The van der Waals surface area contributed by atoms with Gasteiger partial charge in [-0.3, -0.25) is 0 Å². The first-order valence-electron chi connectivity index (χ1n) is 15.1. The first-order chi connectivity index (χ1) is 24.0. The van der Waals surface area contributed by atoms with Gasteiger partial charge in [0.05, 0.1) is 9.79 Å². The van der Waals surface area contributed by atoms with Gasteiger partial charge in [0.2, 0.25) is 9.84 Å². The van der Waals surface area contributed by atoms with Crippen molar-refractivity contribution in [1.82, 2.24) is 0 Å². The molecule has 0 heterocycles. The summed E-state index contributed by atoms with van der Waals surface area (Å²) in [5.74, 6) is 0.466. The Morgan fingerprint density at radius 2 is 0.529 bits per heavy atom. The van der Waals surface area contributed by atoms with Gasteiger partial charge >= 0.3 is 0 Å². The summed E-state index contributed by atoms with van der Waals surface area (Å²) >= 11 is 0. The Morgan fingerprint density at radius 1 is 0.333 bits per heavy atom. The van der Waals surface area contributed by atoms with Crippen molar-refractivity contribution in [2.75, 3.05) is 0 Å². The molecule has 0 aliphatic heterocycles. The summed E-state index contributed by atoms with van der Waals surface area (Å²) in [6.07, 6.45) is 0. The minimum Gasteiger partial charge on any atom is -0.508 e. The molecule has 12 heteroatoms. The number of hydrogen-bond acceptors (Lipinski definition) is 11. The fourth-order valence-electron chi connectivity index (χ4n) is 4.34. The Labute approximate surface area is 295 Å². The van der Waals surface area contributed by atoms with Crippen LogP contribution >= 0.6 is 0 Å². The van der Waals surface area contributed by atoms with Crippen LogP contribution in [0.5, 0.6) is 51.7 Å². The SMILES string of the molecule is CC(C)(c1ccc(O)cc1)c1ccc(O)cc1.O=S(=O)(c1ccc(O)cc1)c1ccc(O)cc1.Oc1cc(O)cc(O)c1.Oc1ccc(O)cc1. The first kappa shape index (κ1) is 38.9. The summed E-state index contributed by atoms with van der Waals surface area (Å²) in [5.41, 5.74) is 2.10. The lowest BCUT2D eigenvalue weighted by Gasteiger charge is -2.26. The summed E-state index contributed by atoms with van der Waals surface area (Å²) in [6, 6.07) is 34.1. The van der Waals surface area contributed by atoms with Crippen LogP contribution in [0.1, 0.15) is 25.0 Å². The lowest BCUT2D eigenvalue weighted by atomic mass is 9.78. The average molecular weight is 715 g/mol. The molecule has 0 amide bonds. The predicted molar refractivity (Wildman–Crippen MR) is 191 cm³/mol. The fraction of sp³-hybridized carbons (Fsp3) is 0.0769. The highest BCUT2D eigenvalue weighted by Gasteiger charge is 2.23. The predicted octanol–water partition coefficient (Wildman–Crippen LogP) is 7.26. The minimum atomic E-state index is -3.59. The molecule has 51 heavy (non-hydrogen) atoms. The zero-order valence-electron chi connectivity index (χ0n) is 27.5. The maximum absolute atomic E-state index is 12.1. The molecule has 266 valence electrons. The van der Waals surface area contributed by atoms with Gasteiger partial charge in [0, 0.05) is 23.6 Å². The maximum Gasteiger partial charge on any atom is 0.206 e. The molecule has 6 aromatic carbocycles. The van der Waals surface area contributed by atoms with E-state index in [2.05, 4.69) is 13.8 Å². The van der Waals surface area contributed by atoms with Crippen molar-refractivity contribution in [3.63, 3.8) is 0 Å². The number of hydrogen-bond donors (Lipinski definition) is 9. The van der Waals surface area contributed by atoms with Gasteiger partial charge in [0.15, 0.2) is 0 Å². The molecule has 0 spiro atoms. The summed E-state index contributed by atoms with van der Waals surface area (Å²) in [4.78, 5) is 0.196. The van der Waals surface area contributed by atoms with Crippen molar-refractivity contribution in [2.24, 2.45) is 0 Å². The molecule has 0 saturated heterocycles. The summed E-state index contributed by atoms with van der Waals surface area (Å²) < 4.78 is 24.2. The quantitative estimate of drug-likeness (QED) is 0.0828. The molecule has 6 aromatic rings. The lowest BCUT2D eigenvalue weighted by Crippen LogP contribution is -2.18. The van der Waals surface area contributed by atoms with E-state index < -0.39 is 9.84 Å². The lowest BCUT2D eigenvalue weighted by molar-refractivity contribution is 0.428. The van der Waals surface area contributed by atoms with Crippen molar-refractivity contribution < 1.29 is 54.4 Å². The zero-order chi connectivity index (χ0) is 37.8. The highest BCUT2D eigenvalue weighted by Crippen LogP contribution is 2.33. The Bertz CT molecular complexity index is 1910. The molecule has 0 aromatic heterocycles. The molecule has 0 radical (unpaired) electrons. The molecule has 0 aliphatic carbocycles. The van der Waals surface area contributed by atoms with E-state index in [4.69, 9.17) is 35.7 Å². The molecular weight excluding hydrogens is 676 g/mol. The summed E-state index contributed by atoms with van der Waals surface area (Å²) in [6.45, 7) is 4.23. The van der Waals surface area contributed by atoms with Crippen LogP contribution in [0.4, 0.5) is 0 Å². The largest absolute Gasteiger partial charge is 0.508 e. The molecule has 0 saturated carbocycles. The van der Waals surface area contributed by atoms with Gasteiger partial charge in [-0.2, -0.15) is 0 Å².